The number of rotatable bonds is 2. The van der Waals surface area contributed by atoms with Crippen LogP contribution in [0.4, 0.5) is 16.3 Å². The van der Waals surface area contributed by atoms with Gasteiger partial charge in [0.1, 0.15) is 11.3 Å². The molecule has 0 N–H and O–H groups in total. The summed E-state index contributed by atoms with van der Waals surface area (Å²) in [5.74, 6) is -0.414. The van der Waals surface area contributed by atoms with Gasteiger partial charge in [0.15, 0.2) is 0 Å². The largest absolute Gasteiger partial charge is 0.443 e. The van der Waals surface area contributed by atoms with Crippen molar-refractivity contribution in [1.29, 1.82) is 0 Å². The van der Waals surface area contributed by atoms with Crippen LogP contribution in [0.5, 0.6) is 0 Å². The number of carbonyl (C=O) groups is 1. The molecule has 112 valence electrons. The number of halogens is 1. The van der Waals surface area contributed by atoms with Gasteiger partial charge in [0.25, 0.3) is 0 Å². The van der Waals surface area contributed by atoms with Gasteiger partial charge in [-0.1, -0.05) is 7.43 Å². The fourth-order valence-corrected chi connectivity index (χ4v) is 1.54. The van der Waals surface area contributed by atoms with Crippen molar-refractivity contribution in [2.24, 2.45) is 0 Å². The quantitative estimate of drug-likeness (QED) is 0.461. The van der Waals surface area contributed by atoms with Gasteiger partial charge in [-0.2, -0.15) is 0 Å². The number of aromatic nitrogens is 1. The lowest BCUT2D eigenvalue weighted by atomic mass is 10.2. The van der Waals surface area contributed by atoms with E-state index in [9.17, 15) is 14.9 Å². The van der Waals surface area contributed by atoms with Crippen LogP contribution in [0, 0.1) is 10.1 Å². The minimum atomic E-state index is -0.681. The van der Waals surface area contributed by atoms with E-state index in [-0.39, 0.29) is 13.1 Å². The van der Waals surface area contributed by atoms with Crippen LogP contribution in [-0.4, -0.2) is 28.6 Å². The van der Waals surface area contributed by atoms with Gasteiger partial charge in [-0.05, 0) is 42.8 Å². The molecule has 0 aliphatic heterocycles. The first-order chi connectivity index (χ1) is 8.61. The summed E-state index contributed by atoms with van der Waals surface area (Å²) >= 11 is 3.05. The highest BCUT2D eigenvalue weighted by atomic mass is 79.9. The Morgan fingerprint density at radius 1 is 1.45 bits per heavy atom. The van der Waals surface area contributed by atoms with Crippen molar-refractivity contribution in [2.45, 2.75) is 33.8 Å². The molecule has 0 bridgehead atoms. The molecule has 0 spiro atoms. The molecule has 0 aromatic carbocycles. The summed E-state index contributed by atoms with van der Waals surface area (Å²) in [6.07, 6.45) is -0.681. The highest BCUT2D eigenvalue weighted by Gasteiger charge is 2.27. The molecule has 0 aliphatic carbocycles. The summed E-state index contributed by atoms with van der Waals surface area (Å²) in [5, 5.41) is 10.9. The molecule has 0 saturated carbocycles. The van der Waals surface area contributed by atoms with E-state index in [1.807, 2.05) is 0 Å². The average molecular weight is 348 g/mol. The highest BCUT2D eigenvalue weighted by Crippen LogP contribution is 2.28. The van der Waals surface area contributed by atoms with Crippen LogP contribution in [-0.2, 0) is 4.74 Å². The number of nitrogens with zero attached hydrogens (tertiary/aromatic N) is 3. The molecule has 1 aromatic rings. The standard InChI is InChI=1S/C11H14BrN3O4.CH4/c1-11(2,3)19-10(16)14(4)7-5-6-8(12)13-9(7)15(17)18;/h5-6H,1-4H3;1H4. The van der Waals surface area contributed by atoms with Crippen molar-refractivity contribution in [1.82, 2.24) is 4.98 Å². The zero-order valence-corrected chi connectivity index (χ0v) is 12.6. The van der Waals surface area contributed by atoms with E-state index in [2.05, 4.69) is 20.9 Å². The van der Waals surface area contributed by atoms with Crippen molar-refractivity contribution in [3.05, 3.63) is 26.9 Å². The van der Waals surface area contributed by atoms with Crippen LogP contribution < -0.4 is 4.90 Å². The molecule has 8 heteroatoms. The van der Waals surface area contributed by atoms with Crippen molar-refractivity contribution >= 4 is 33.5 Å². The lowest BCUT2D eigenvalue weighted by Gasteiger charge is -2.24. The summed E-state index contributed by atoms with van der Waals surface area (Å²) in [6.45, 7) is 5.15. The normalized spacial score (nSPS) is 10.4. The molecular formula is C12H18BrN3O4. The predicted octanol–water partition coefficient (Wildman–Crippen LogP) is 3.76. The first kappa shape index (κ1) is 18.3. The molecular weight excluding hydrogens is 330 g/mol. The Hall–Kier alpha value is -1.70. The maximum atomic E-state index is 11.9. The third kappa shape index (κ3) is 4.76. The molecule has 20 heavy (non-hydrogen) atoms. The number of nitro groups is 1. The van der Waals surface area contributed by atoms with E-state index in [1.54, 1.807) is 20.8 Å². The molecule has 0 radical (unpaired) electrons. The molecule has 1 rings (SSSR count). The fraction of sp³-hybridized carbons (Fsp3) is 0.500. The molecule has 0 aliphatic rings. The maximum Gasteiger partial charge on any atom is 0.414 e. The molecule has 1 aromatic heterocycles. The van der Waals surface area contributed by atoms with Gasteiger partial charge >= 0.3 is 11.9 Å². The monoisotopic (exact) mass is 347 g/mol. The lowest BCUT2D eigenvalue weighted by molar-refractivity contribution is -0.388. The maximum absolute atomic E-state index is 11.9. The average Bonchev–Trinajstić information content (AvgIpc) is 2.25. The first-order valence-electron chi connectivity index (χ1n) is 5.39. The summed E-state index contributed by atoms with van der Waals surface area (Å²) in [7, 11) is 1.39. The molecule has 1 heterocycles. The molecule has 0 saturated heterocycles. The molecule has 0 unspecified atom stereocenters. The number of hydrogen-bond donors (Lipinski definition) is 0. The minimum Gasteiger partial charge on any atom is -0.443 e. The van der Waals surface area contributed by atoms with E-state index in [0.29, 0.717) is 4.60 Å². The number of amides is 1. The second-order valence-electron chi connectivity index (χ2n) is 4.77. The van der Waals surface area contributed by atoms with Crippen molar-refractivity contribution in [3.8, 4) is 0 Å². The Balaban J connectivity index is 0.00000361. The van der Waals surface area contributed by atoms with Crippen molar-refractivity contribution in [3.63, 3.8) is 0 Å². The Bertz CT molecular complexity index is 514. The van der Waals surface area contributed by atoms with E-state index in [4.69, 9.17) is 4.74 Å². The van der Waals surface area contributed by atoms with Crippen LogP contribution in [0.1, 0.15) is 28.2 Å². The Labute approximate surface area is 126 Å². The van der Waals surface area contributed by atoms with Gasteiger partial charge in [0.2, 0.25) is 4.60 Å². The van der Waals surface area contributed by atoms with E-state index < -0.39 is 22.4 Å². The lowest BCUT2D eigenvalue weighted by Crippen LogP contribution is -2.34. The second kappa shape index (κ2) is 6.65. The van der Waals surface area contributed by atoms with Crippen LogP contribution in [0.15, 0.2) is 16.7 Å². The molecule has 0 fully saturated rings. The van der Waals surface area contributed by atoms with Gasteiger partial charge in [0.05, 0.1) is 0 Å². The number of carbonyl (C=O) groups excluding carboxylic acids is 1. The van der Waals surface area contributed by atoms with Crippen LogP contribution in [0.2, 0.25) is 0 Å². The Morgan fingerprint density at radius 3 is 2.45 bits per heavy atom. The fourth-order valence-electron chi connectivity index (χ4n) is 1.24. The van der Waals surface area contributed by atoms with E-state index in [0.717, 1.165) is 4.90 Å². The van der Waals surface area contributed by atoms with Gasteiger partial charge in [-0.25, -0.2) is 4.79 Å². The topological polar surface area (TPSA) is 85.6 Å². The molecule has 0 atom stereocenters. The van der Waals surface area contributed by atoms with Crippen LogP contribution in [0.25, 0.3) is 0 Å². The van der Waals surface area contributed by atoms with Gasteiger partial charge in [-0.15, -0.1) is 0 Å². The van der Waals surface area contributed by atoms with Crippen LogP contribution >= 0.6 is 15.9 Å². The van der Waals surface area contributed by atoms with E-state index >= 15 is 0 Å². The predicted molar refractivity (Wildman–Crippen MR) is 80.0 cm³/mol. The number of hydrogen-bond acceptors (Lipinski definition) is 5. The minimum absolute atomic E-state index is 0. The first-order valence-corrected chi connectivity index (χ1v) is 6.19. The smallest absolute Gasteiger partial charge is 0.414 e. The van der Waals surface area contributed by atoms with Gasteiger partial charge in [-0.3, -0.25) is 4.90 Å². The zero-order valence-electron chi connectivity index (χ0n) is 11.0. The SMILES string of the molecule is C.CN(C(=O)OC(C)(C)C)c1ccc(Br)nc1[N+](=O)[O-]. The highest BCUT2D eigenvalue weighted by molar-refractivity contribution is 9.10. The number of anilines is 1. The third-order valence-corrected chi connectivity index (χ3v) is 2.46. The summed E-state index contributed by atoms with van der Waals surface area (Å²) in [5.41, 5.74) is -0.606. The second-order valence-corrected chi connectivity index (χ2v) is 5.59. The Morgan fingerprint density at radius 2 is 2.00 bits per heavy atom. The summed E-state index contributed by atoms with van der Waals surface area (Å²) < 4.78 is 5.46. The summed E-state index contributed by atoms with van der Waals surface area (Å²) in [4.78, 5) is 26.9. The zero-order chi connectivity index (χ0) is 14.8. The molecule has 7 nitrogen and oxygen atoms in total. The third-order valence-electron chi connectivity index (χ3n) is 2.02. The number of ether oxygens (including phenoxy) is 1. The molecule has 1 amide bonds. The van der Waals surface area contributed by atoms with Crippen LogP contribution in [0.3, 0.4) is 0 Å². The summed E-state index contributed by atoms with van der Waals surface area (Å²) in [6, 6.07) is 2.95. The number of pyridine rings is 1. The van der Waals surface area contributed by atoms with Gasteiger partial charge in [0, 0.05) is 23.0 Å². The van der Waals surface area contributed by atoms with Crippen molar-refractivity contribution < 1.29 is 14.5 Å². The Kier molecular flexibility index (Phi) is 6.08. The van der Waals surface area contributed by atoms with E-state index in [1.165, 1.54) is 19.2 Å². The van der Waals surface area contributed by atoms with Crippen molar-refractivity contribution in [2.75, 3.05) is 11.9 Å². The van der Waals surface area contributed by atoms with Gasteiger partial charge < -0.3 is 14.9 Å².